The van der Waals surface area contributed by atoms with Crippen LogP contribution in [0.4, 0.5) is 10.5 Å². The van der Waals surface area contributed by atoms with E-state index in [1.165, 1.54) is 5.56 Å². The summed E-state index contributed by atoms with van der Waals surface area (Å²) in [4.78, 5) is 18.5. The van der Waals surface area contributed by atoms with Crippen LogP contribution in [-0.2, 0) is 18.3 Å². The Morgan fingerprint density at radius 1 is 1.13 bits per heavy atom. The number of imidazole rings is 1. The molecule has 3 rings (SSSR count). The maximum atomic E-state index is 12.2. The van der Waals surface area contributed by atoms with E-state index in [9.17, 15) is 4.79 Å². The number of carbonyl (C=O) groups excluding carboxylic acids is 1. The van der Waals surface area contributed by atoms with Gasteiger partial charge in [-0.3, -0.25) is 0 Å². The summed E-state index contributed by atoms with van der Waals surface area (Å²) in [7, 11) is 1.97. The second kappa shape index (κ2) is 10.5. The number of rotatable bonds is 9. The lowest BCUT2D eigenvalue weighted by Crippen LogP contribution is -2.46. The lowest BCUT2D eigenvalue weighted by molar-refractivity contribution is 0.141. The Morgan fingerprint density at radius 3 is 2.47 bits per heavy atom. The van der Waals surface area contributed by atoms with Crippen LogP contribution in [0.1, 0.15) is 32.4 Å². The molecule has 6 nitrogen and oxygen atoms in total. The lowest BCUT2D eigenvalue weighted by Gasteiger charge is -2.31. The lowest BCUT2D eigenvalue weighted by atomic mass is 10.1. The highest BCUT2D eigenvalue weighted by atomic mass is 16.5. The maximum absolute atomic E-state index is 12.2. The van der Waals surface area contributed by atoms with Crippen LogP contribution in [0, 0.1) is 0 Å². The summed E-state index contributed by atoms with van der Waals surface area (Å²) in [5, 5.41) is 2.95. The SMILES string of the molecule is CCCCOC(=O)NC(C)N(Cc1cncn1C)c1ccc(-c2ccccc2)cc1. The predicted molar refractivity (Wildman–Crippen MR) is 120 cm³/mol. The van der Waals surface area contributed by atoms with Crippen LogP contribution in [0.2, 0.25) is 0 Å². The predicted octanol–water partition coefficient (Wildman–Crippen LogP) is 4.97. The minimum atomic E-state index is -0.396. The van der Waals surface area contributed by atoms with Gasteiger partial charge in [-0.15, -0.1) is 0 Å². The van der Waals surface area contributed by atoms with E-state index in [2.05, 4.69) is 58.5 Å². The average Bonchev–Trinajstić information content (AvgIpc) is 3.17. The number of anilines is 1. The van der Waals surface area contributed by atoms with Crippen LogP contribution in [0.5, 0.6) is 0 Å². The van der Waals surface area contributed by atoms with Crippen molar-refractivity contribution in [1.82, 2.24) is 14.9 Å². The fraction of sp³-hybridized carbons (Fsp3) is 0.333. The fourth-order valence-corrected chi connectivity index (χ4v) is 3.24. The number of alkyl carbamates (subject to hydrolysis) is 1. The normalized spacial score (nSPS) is 11.7. The Balaban J connectivity index is 1.78. The monoisotopic (exact) mass is 406 g/mol. The quantitative estimate of drug-likeness (QED) is 0.403. The van der Waals surface area contributed by atoms with Gasteiger partial charge in [0, 0.05) is 18.9 Å². The molecule has 0 saturated carbocycles. The fourth-order valence-electron chi connectivity index (χ4n) is 3.24. The van der Waals surface area contributed by atoms with Gasteiger partial charge in [0.2, 0.25) is 0 Å². The molecule has 0 spiro atoms. The molecule has 6 heteroatoms. The van der Waals surface area contributed by atoms with Crippen LogP contribution in [-0.4, -0.2) is 28.4 Å². The number of unbranched alkanes of at least 4 members (excludes halogenated alkanes) is 1. The zero-order valence-electron chi connectivity index (χ0n) is 17.9. The molecule has 1 amide bonds. The van der Waals surface area contributed by atoms with Crippen molar-refractivity contribution in [2.75, 3.05) is 11.5 Å². The summed E-state index contributed by atoms with van der Waals surface area (Å²) in [6.45, 7) is 5.07. The molecule has 1 heterocycles. The van der Waals surface area contributed by atoms with Crippen LogP contribution < -0.4 is 10.2 Å². The van der Waals surface area contributed by atoms with E-state index in [0.717, 1.165) is 29.8 Å². The number of aryl methyl sites for hydroxylation is 1. The Kier molecular flexibility index (Phi) is 7.49. The largest absolute Gasteiger partial charge is 0.450 e. The Labute approximate surface area is 178 Å². The molecule has 0 fully saturated rings. The third-order valence-corrected chi connectivity index (χ3v) is 5.08. The van der Waals surface area contributed by atoms with E-state index in [4.69, 9.17) is 4.74 Å². The van der Waals surface area contributed by atoms with E-state index in [0.29, 0.717) is 13.2 Å². The number of benzene rings is 2. The second-order valence-electron chi connectivity index (χ2n) is 7.35. The zero-order chi connectivity index (χ0) is 21.3. The van der Waals surface area contributed by atoms with Gasteiger partial charge in [-0.05, 0) is 36.6 Å². The highest BCUT2D eigenvalue weighted by molar-refractivity contribution is 5.69. The molecule has 0 radical (unpaired) electrons. The van der Waals surface area contributed by atoms with Gasteiger partial charge in [0.15, 0.2) is 0 Å². The molecule has 1 unspecified atom stereocenters. The first-order valence-corrected chi connectivity index (χ1v) is 10.4. The van der Waals surface area contributed by atoms with E-state index in [1.54, 1.807) is 6.33 Å². The van der Waals surface area contributed by atoms with Crippen molar-refractivity contribution in [3.8, 4) is 11.1 Å². The maximum Gasteiger partial charge on any atom is 0.408 e. The summed E-state index contributed by atoms with van der Waals surface area (Å²) in [5.74, 6) is 0. The summed E-state index contributed by atoms with van der Waals surface area (Å²) >= 11 is 0. The van der Waals surface area contributed by atoms with Crippen molar-refractivity contribution >= 4 is 11.8 Å². The molecule has 0 bridgehead atoms. The Hall–Kier alpha value is -3.28. The van der Waals surface area contributed by atoms with Gasteiger partial charge in [-0.25, -0.2) is 9.78 Å². The molecule has 0 aliphatic carbocycles. The number of ether oxygens (including phenoxy) is 1. The molecule has 0 saturated heterocycles. The third-order valence-electron chi connectivity index (χ3n) is 5.08. The van der Waals surface area contributed by atoms with Crippen LogP contribution in [0.3, 0.4) is 0 Å². The molecular formula is C24H30N4O2. The summed E-state index contributed by atoms with van der Waals surface area (Å²) in [6.07, 6.45) is 4.83. The van der Waals surface area contributed by atoms with E-state index < -0.39 is 6.09 Å². The van der Waals surface area contributed by atoms with E-state index >= 15 is 0 Å². The third kappa shape index (κ3) is 5.63. The van der Waals surface area contributed by atoms with E-state index in [-0.39, 0.29) is 6.17 Å². The summed E-state index contributed by atoms with van der Waals surface area (Å²) < 4.78 is 7.26. The van der Waals surface area contributed by atoms with E-state index in [1.807, 2.05) is 42.9 Å². The smallest absolute Gasteiger partial charge is 0.408 e. The first-order chi connectivity index (χ1) is 14.6. The molecular weight excluding hydrogens is 376 g/mol. The summed E-state index contributed by atoms with van der Waals surface area (Å²) in [5.41, 5.74) is 4.39. The van der Waals surface area contributed by atoms with Gasteiger partial charge in [-0.1, -0.05) is 55.8 Å². The molecule has 1 N–H and O–H groups in total. The van der Waals surface area contributed by atoms with Crippen molar-refractivity contribution in [3.05, 3.63) is 72.8 Å². The molecule has 158 valence electrons. The van der Waals surface area contributed by atoms with Crippen LogP contribution in [0.25, 0.3) is 11.1 Å². The van der Waals surface area contributed by atoms with Crippen molar-refractivity contribution in [3.63, 3.8) is 0 Å². The molecule has 1 atom stereocenters. The van der Waals surface area contributed by atoms with Crippen LogP contribution >= 0.6 is 0 Å². The molecule has 30 heavy (non-hydrogen) atoms. The number of nitrogens with zero attached hydrogens (tertiary/aromatic N) is 3. The minimum Gasteiger partial charge on any atom is -0.450 e. The first-order valence-electron chi connectivity index (χ1n) is 10.4. The number of hydrogen-bond acceptors (Lipinski definition) is 4. The van der Waals surface area contributed by atoms with Crippen molar-refractivity contribution in [1.29, 1.82) is 0 Å². The number of amides is 1. The number of carbonyl (C=O) groups is 1. The Bertz CT molecular complexity index is 922. The van der Waals surface area contributed by atoms with Gasteiger partial charge in [0.1, 0.15) is 6.17 Å². The second-order valence-corrected chi connectivity index (χ2v) is 7.35. The standard InChI is InChI=1S/C24H30N4O2/c1-4-5-15-30-24(29)26-19(2)28(17-23-16-25-18-27(23)3)22-13-11-21(12-14-22)20-9-7-6-8-10-20/h6-14,16,18-19H,4-5,15,17H2,1-3H3,(H,26,29). The number of aromatic nitrogens is 2. The van der Waals surface area contributed by atoms with Gasteiger partial charge in [0.25, 0.3) is 0 Å². The first kappa shape index (κ1) is 21.4. The van der Waals surface area contributed by atoms with Crippen LogP contribution in [0.15, 0.2) is 67.1 Å². The molecule has 0 aliphatic rings. The molecule has 3 aromatic rings. The summed E-state index contributed by atoms with van der Waals surface area (Å²) in [6, 6.07) is 18.7. The highest BCUT2D eigenvalue weighted by Gasteiger charge is 2.19. The molecule has 1 aromatic heterocycles. The van der Waals surface area contributed by atoms with Gasteiger partial charge >= 0.3 is 6.09 Å². The highest BCUT2D eigenvalue weighted by Crippen LogP contribution is 2.25. The minimum absolute atomic E-state index is 0.253. The van der Waals surface area contributed by atoms with Crippen molar-refractivity contribution in [2.45, 2.75) is 39.4 Å². The Morgan fingerprint density at radius 2 is 1.83 bits per heavy atom. The number of nitrogens with one attached hydrogen (secondary N) is 1. The molecule has 2 aromatic carbocycles. The average molecular weight is 407 g/mol. The van der Waals surface area contributed by atoms with Gasteiger partial charge in [-0.2, -0.15) is 0 Å². The number of hydrogen-bond donors (Lipinski definition) is 1. The van der Waals surface area contributed by atoms with Crippen molar-refractivity contribution < 1.29 is 9.53 Å². The zero-order valence-corrected chi connectivity index (χ0v) is 17.9. The van der Waals surface area contributed by atoms with Gasteiger partial charge < -0.3 is 19.5 Å². The van der Waals surface area contributed by atoms with Crippen molar-refractivity contribution in [2.24, 2.45) is 7.05 Å². The topological polar surface area (TPSA) is 59.4 Å². The molecule has 0 aliphatic heterocycles. The van der Waals surface area contributed by atoms with Gasteiger partial charge in [0.05, 0.1) is 25.2 Å².